The third-order valence-corrected chi connectivity index (χ3v) is 7.10. The molecule has 204 valence electrons. The van der Waals surface area contributed by atoms with E-state index in [0.717, 1.165) is 23.3 Å². The Labute approximate surface area is 231 Å². The molecule has 0 unspecified atom stereocenters. The molecule has 1 amide bonds. The lowest BCUT2D eigenvalue weighted by atomic mass is 9.96. The summed E-state index contributed by atoms with van der Waals surface area (Å²) in [7, 11) is 0. The molecule has 4 rings (SSSR count). The molecule has 1 aliphatic heterocycles. The van der Waals surface area contributed by atoms with E-state index >= 15 is 0 Å². The molecule has 0 aromatic heterocycles. The zero-order valence-electron chi connectivity index (χ0n) is 21.3. The van der Waals surface area contributed by atoms with Crippen molar-refractivity contribution in [2.75, 3.05) is 19.7 Å². The minimum Gasteiger partial charge on any atom is -0.493 e. The van der Waals surface area contributed by atoms with Crippen molar-refractivity contribution in [1.29, 1.82) is 0 Å². The summed E-state index contributed by atoms with van der Waals surface area (Å²) in [5, 5.41) is 19.3. The zero-order chi connectivity index (χ0) is 27.8. The van der Waals surface area contributed by atoms with Gasteiger partial charge in [-0.05, 0) is 67.6 Å². The van der Waals surface area contributed by atoms with Crippen molar-refractivity contribution in [2.45, 2.75) is 32.3 Å². The van der Waals surface area contributed by atoms with Crippen LogP contribution in [0.1, 0.15) is 51.1 Å². The van der Waals surface area contributed by atoms with Crippen LogP contribution in [0.15, 0.2) is 66.7 Å². The standard InChI is InChI=1S/C30H30ClNO7/c31-26-6-2-1-5-23(26)19-39-24-10-7-20(8-11-24)4-3-17-38-27-12-9-22(30(36)37)18-25(27)28(33)32-15-13-21(14-16-32)29(34)35/h1-2,5-12,18,21H,3-4,13-17,19H2,(H,34,35)(H,36,37). The van der Waals surface area contributed by atoms with E-state index in [2.05, 4.69) is 0 Å². The van der Waals surface area contributed by atoms with Crippen LogP contribution in [0.4, 0.5) is 0 Å². The second-order valence-electron chi connectivity index (χ2n) is 9.40. The van der Waals surface area contributed by atoms with Crippen LogP contribution in [0.2, 0.25) is 5.02 Å². The number of halogens is 1. The normalized spacial score (nSPS) is 13.6. The summed E-state index contributed by atoms with van der Waals surface area (Å²) in [6, 6.07) is 19.6. The molecule has 39 heavy (non-hydrogen) atoms. The number of aliphatic carboxylic acids is 1. The third kappa shape index (κ3) is 7.51. The van der Waals surface area contributed by atoms with Crippen LogP contribution in [0.5, 0.6) is 11.5 Å². The van der Waals surface area contributed by atoms with E-state index in [0.29, 0.717) is 56.3 Å². The molecule has 9 heteroatoms. The molecular weight excluding hydrogens is 522 g/mol. The molecule has 0 atom stereocenters. The number of aryl methyl sites for hydroxylation is 1. The van der Waals surface area contributed by atoms with Crippen molar-refractivity contribution < 1.29 is 34.1 Å². The van der Waals surface area contributed by atoms with Gasteiger partial charge in [0.25, 0.3) is 5.91 Å². The van der Waals surface area contributed by atoms with E-state index in [1.54, 1.807) is 4.90 Å². The Morgan fingerprint density at radius 3 is 2.31 bits per heavy atom. The van der Waals surface area contributed by atoms with E-state index in [9.17, 15) is 24.6 Å². The SMILES string of the molecule is O=C(O)c1ccc(OCCCc2ccc(OCc3ccccc3Cl)cc2)c(C(=O)N2CCC(C(=O)O)CC2)c1. The largest absolute Gasteiger partial charge is 0.493 e. The van der Waals surface area contributed by atoms with Crippen LogP contribution >= 0.6 is 11.6 Å². The Morgan fingerprint density at radius 1 is 0.923 bits per heavy atom. The first-order valence-electron chi connectivity index (χ1n) is 12.8. The van der Waals surface area contributed by atoms with Crippen molar-refractivity contribution in [2.24, 2.45) is 5.92 Å². The maximum atomic E-state index is 13.2. The quantitative estimate of drug-likeness (QED) is 0.300. The van der Waals surface area contributed by atoms with Gasteiger partial charge in [-0.2, -0.15) is 0 Å². The highest BCUT2D eigenvalue weighted by Crippen LogP contribution is 2.26. The number of nitrogens with zero attached hydrogens (tertiary/aromatic N) is 1. The fourth-order valence-electron chi connectivity index (χ4n) is 4.44. The summed E-state index contributed by atoms with van der Waals surface area (Å²) in [6.07, 6.45) is 2.14. The van der Waals surface area contributed by atoms with E-state index in [4.69, 9.17) is 21.1 Å². The minimum atomic E-state index is -1.14. The fourth-order valence-corrected chi connectivity index (χ4v) is 4.63. The average molecular weight is 552 g/mol. The monoisotopic (exact) mass is 551 g/mol. The van der Waals surface area contributed by atoms with Crippen molar-refractivity contribution in [3.63, 3.8) is 0 Å². The summed E-state index contributed by atoms with van der Waals surface area (Å²) in [6.45, 7) is 1.31. The number of hydrogen-bond acceptors (Lipinski definition) is 5. The molecule has 1 heterocycles. The maximum Gasteiger partial charge on any atom is 0.335 e. The number of amides is 1. The lowest BCUT2D eigenvalue weighted by Crippen LogP contribution is -2.40. The van der Waals surface area contributed by atoms with Gasteiger partial charge in [-0.25, -0.2) is 4.79 Å². The Hall–Kier alpha value is -4.04. The molecule has 0 saturated carbocycles. The zero-order valence-corrected chi connectivity index (χ0v) is 22.1. The topological polar surface area (TPSA) is 113 Å². The number of carbonyl (C=O) groups excluding carboxylic acids is 1. The molecule has 0 aliphatic carbocycles. The fraction of sp³-hybridized carbons (Fsp3) is 0.300. The van der Waals surface area contributed by atoms with Crippen LogP contribution in [0, 0.1) is 5.92 Å². The first-order valence-corrected chi connectivity index (χ1v) is 13.2. The number of ether oxygens (including phenoxy) is 2. The molecule has 8 nitrogen and oxygen atoms in total. The molecule has 0 radical (unpaired) electrons. The van der Waals surface area contributed by atoms with Gasteiger partial charge in [0.2, 0.25) is 0 Å². The second-order valence-corrected chi connectivity index (χ2v) is 9.80. The van der Waals surface area contributed by atoms with E-state index in [1.165, 1.54) is 18.2 Å². The molecular formula is C30H30ClNO7. The van der Waals surface area contributed by atoms with Gasteiger partial charge in [0.15, 0.2) is 0 Å². The van der Waals surface area contributed by atoms with Crippen LogP contribution < -0.4 is 9.47 Å². The number of carboxylic acid groups (broad SMARTS) is 2. The molecule has 1 saturated heterocycles. The van der Waals surface area contributed by atoms with Gasteiger partial charge in [0.05, 0.1) is 23.7 Å². The lowest BCUT2D eigenvalue weighted by Gasteiger charge is -2.30. The predicted molar refractivity (Wildman–Crippen MR) is 146 cm³/mol. The summed E-state index contributed by atoms with van der Waals surface area (Å²) in [5.41, 5.74) is 2.17. The summed E-state index contributed by atoms with van der Waals surface area (Å²) >= 11 is 6.18. The number of carboxylic acids is 2. The smallest absolute Gasteiger partial charge is 0.335 e. The van der Waals surface area contributed by atoms with E-state index in [-0.39, 0.29) is 17.0 Å². The van der Waals surface area contributed by atoms with Crippen LogP contribution in [-0.4, -0.2) is 52.7 Å². The minimum absolute atomic E-state index is 0.0111. The molecule has 2 N–H and O–H groups in total. The van der Waals surface area contributed by atoms with Crippen LogP contribution in [0.3, 0.4) is 0 Å². The Morgan fingerprint density at radius 2 is 1.64 bits per heavy atom. The Kier molecular flexibility index (Phi) is 9.44. The van der Waals surface area contributed by atoms with Gasteiger partial charge >= 0.3 is 11.9 Å². The van der Waals surface area contributed by atoms with Gasteiger partial charge in [-0.3, -0.25) is 9.59 Å². The van der Waals surface area contributed by atoms with Crippen molar-refractivity contribution >= 4 is 29.4 Å². The van der Waals surface area contributed by atoms with Gasteiger partial charge in [0, 0.05) is 23.7 Å². The first-order chi connectivity index (χ1) is 18.8. The van der Waals surface area contributed by atoms with Gasteiger partial charge in [-0.15, -0.1) is 0 Å². The third-order valence-electron chi connectivity index (χ3n) is 6.73. The summed E-state index contributed by atoms with van der Waals surface area (Å²) in [5.74, 6) is -1.78. The van der Waals surface area contributed by atoms with Crippen molar-refractivity contribution in [3.05, 3.63) is 94.0 Å². The number of benzene rings is 3. The first kappa shape index (κ1) is 28.0. The van der Waals surface area contributed by atoms with Gasteiger partial charge in [0.1, 0.15) is 18.1 Å². The number of carbonyl (C=O) groups is 3. The lowest BCUT2D eigenvalue weighted by molar-refractivity contribution is -0.143. The molecule has 3 aromatic rings. The highest BCUT2D eigenvalue weighted by Gasteiger charge is 2.29. The number of piperidine rings is 1. The van der Waals surface area contributed by atoms with E-state index in [1.807, 2.05) is 48.5 Å². The molecule has 1 fully saturated rings. The second kappa shape index (κ2) is 13.2. The summed E-state index contributed by atoms with van der Waals surface area (Å²) in [4.78, 5) is 37.5. The number of likely N-dealkylation sites (tertiary alicyclic amines) is 1. The molecule has 3 aromatic carbocycles. The maximum absolute atomic E-state index is 13.2. The number of hydrogen-bond donors (Lipinski definition) is 2. The summed E-state index contributed by atoms with van der Waals surface area (Å²) < 4.78 is 11.7. The van der Waals surface area contributed by atoms with Crippen molar-refractivity contribution in [1.82, 2.24) is 4.90 Å². The van der Waals surface area contributed by atoms with Gasteiger partial charge < -0.3 is 24.6 Å². The average Bonchev–Trinajstić information content (AvgIpc) is 2.95. The predicted octanol–water partition coefficient (Wildman–Crippen LogP) is 5.57. The number of aromatic carboxylic acids is 1. The van der Waals surface area contributed by atoms with Gasteiger partial charge in [-0.1, -0.05) is 41.9 Å². The number of rotatable bonds is 11. The Balaban J connectivity index is 1.31. The Bertz CT molecular complexity index is 1320. The molecule has 1 aliphatic rings. The van der Waals surface area contributed by atoms with Crippen LogP contribution in [0.25, 0.3) is 0 Å². The van der Waals surface area contributed by atoms with Crippen LogP contribution in [-0.2, 0) is 17.8 Å². The highest BCUT2D eigenvalue weighted by atomic mass is 35.5. The van der Waals surface area contributed by atoms with E-state index < -0.39 is 17.9 Å². The highest BCUT2D eigenvalue weighted by molar-refractivity contribution is 6.31. The molecule has 0 bridgehead atoms. The van der Waals surface area contributed by atoms with Crippen molar-refractivity contribution in [3.8, 4) is 11.5 Å². The molecule has 0 spiro atoms.